The van der Waals surface area contributed by atoms with Crippen molar-refractivity contribution in [3.05, 3.63) is 98.1 Å². The van der Waals surface area contributed by atoms with E-state index in [1.165, 1.54) is 12.1 Å². The molecule has 1 heterocycles. The number of nitrogens with zero attached hydrogens (tertiary/aromatic N) is 5. The molecular formula is C22H17IN8O2. The standard InChI is InChI=1S/C22H17IN8O2/c23-16-8-6-15(7-9-16)14-24-30-22-28-20(25-17-4-2-1-3-5-17)27-21(29-22)26-18-10-12-19(13-11-18)31(32)33/h1-14H,(H3,25,26,27,28,29,30)/b24-14+. The first-order chi connectivity index (χ1) is 16.0. The monoisotopic (exact) mass is 552 g/mol. The van der Waals surface area contributed by atoms with Gasteiger partial charge in [0.15, 0.2) is 0 Å². The fourth-order valence-electron chi connectivity index (χ4n) is 2.70. The SMILES string of the molecule is O=[N+]([O-])c1ccc(Nc2nc(N/N=C/c3ccc(I)cc3)nc(Nc3ccccc3)n2)cc1. The number of rotatable bonds is 8. The molecule has 1 aromatic heterocycles. The summed E-state index contributed by atoms with van der Waals surface area (Å²) in [5.74, 6) is 0.756. The van der Waals surface area contributed by atoms with Crippen molar-refractivity contribution in [2.45, 2.75) is 0 Å². The molecule has 0 atom stereocenters. The molecule has 33 heavy (non-hydrogen) atoms. The molecule has 0 fully saturated rings. The summed E-state index contributed by atoms with van der Waals surface area (Å²) >= 11 is 2.24. The molecule has 4 rings (SSSR count). The molecule has 3 N–H and O–H groups in total. The molecule has 0 bridgehead atoms. The van der Waals surface area contributed by atoms with Gasteiger partial charge in [0.25, 0.3) is 5.69 Å². The number of hydrazone groups is 1. The van der Waals surface area contributed by atoms with Crippen LogP contribution in [0, 0.1) is 13.7 Å². The zero-order valence-corrected chi connectivity index (χ0v) is 19.2. The van der Waals surface area contributed by atoms with Gasteiger partial charge < -0.3 is 10.6 Å². The Labute approximate surface area is 202 Å². The lowest BCUT2D eigenvalue weighted by Gasteiger charge is -2.10. The van der Waals surface area contributed by atoms with E-state index in [9.17, 15) is 10.1 Å². The van der Waals surface area contributed by atoms with E-state index in [1.54, 1.807) is 18.3 Å². The van der Waals surface area contributed by atoms with Crippen LogP contribution in [0.5, 0.6) is 0 Å². The van der Waals surface area contributed by atoms with Gasteiger partial charge in [-0.25, -0.2) is 5.43 Å². The van der Waals surface area contributed by atoms with Crippen LogP contribution < -0.4 is 16.1 Å². The Morgan fingerprint density at radius 2 is 1.36 bits per heavy atom. The van der Waals surface area contributed by atoms with Crippen molar-refractivity contribution in [2.75, 3.05) is 16.1 Å². The highest BCUT2D eigenvalue weighted by Gasteiger charge is 2.09. The first-order valence-electron chi connectivity index (χ1n) is 9.69. The van der Waals surface area contributed by atoms with Gasteiger partial charge in [-0.2, -0.15) is 20.1 Å². The van der Waals surface area contributed by atoms with Gasteiger partial charge in [-0.3, -0.25) is 10.1 Å². The van der Waals surface area contributed by atoms with Crippen molar-refractivity contribution in [1.82, 2.24) is 15.0 Å². The van der Waals surface area contributed by atoms with Crippen molar-refractivity contribution in [3.8, 4) is 0 Å². The summed E-state index contributed by atoms with van der Waals surface area (Å²) in [6.07, 6.45) is 1.66. The molecule has 3 aromatic carbocycles. The van der Waals surface area contributed by atoms with Gasteiger partial charge in [0.05, 0.1) is 11.1 Å². The van der Waals surface area contributed by atoms with Crippen LogP contribution in [0.25, 0.3) is 0 Å². The fourth-order valence-corrected chi connectivity index (χ4v) is 3.06. The Morgan fingerprint density at radius 1 is 0.788 bits per heavy atom. The van der Waals surface area contributed by atoms with Crippen molar-refractivity contribution in [2.24, 2.45) is 5.10 Å². The van der Waals surface area contributed by atoms with Gasteiger partial charge in [0.1, 0.15) is 0 Å². The summed E-state index contributed by atoms with van der Waals surface area (Å²) in [7, 11) is 0. The zero-order valence-electron chi connectivity index (χ0n) is 17.0. The number of nitrogens with one attached hydrogen (secondary N) is 3. The Kier molecular flexibility index (Phi) is 6.99. The number of nitro benzene ring substituents is 1. The van der Waals surface area contributed by atoms with Crippen LogP contribution in [0.15, 0.2) is 84.0 Å². The Bertz CT molecular complexity index is 1270. The van der Waals surface area contributed by atoms with E-state index in [0.717, 1.165) is 14.8 Å². The second-order valence-electron chi connectivity index (χ2n) is 6.65. The number of anilines is 5. The quantitative estimate of drug-likeness (QED) is 0.116. The third-order valence-electron chi connectivity index (χ3n) is 4.25. The minimum Gasteiger partial charge on any atom is -0.324 e. The summed E-state index contributed by atoms with van der Waals surface area (Å²) in [5, 5.41) is 21.2. The summed E-state index contributed by atoms with van der Waals surface area (Å²) < 4.78 is 1.13. The van der Waals surface area contributed by atoms with E-state index in [1.807, 2.05) is 54.6 Å². The molecule has 0 unspecified atom stereocenters. The molecule has 4 aromatic rings. The van der Waals surface area contributed by atoms with Gasteiger partial charge in [-0.05, 0) is 64.6 Å². The topological polar surface area (TPSA) is 130 Å². The predicted molar refractivity (Wildman–Crippen MR) is 136 cm³/mol. The number of hydrogen-bond acceptors (Lipinski definition) is 9. The molecule has 10 nitrogen and oxygen atoms in total. The average Bonchev–Trinajstić information content (AvgIpc) is 2.81. The van der Waals surface area contributed by atoms with Crippen molar-refractivity contribution >= 4 is 63.7 Å². The van der Waals surface area contributed by atoms with Crippen LogP contribution >= 0.6 is 22.6 Å². The number of halogens is 1. The maximum atomic E-state index is 10.9. The first-order valence-corrected chi connectivity index (χ1v) is 10.8. The number of benzene rings is 3. The van der Waals surface area contributed by atoms with Crippen molar-refractivity contribution < 1.29 is 4.92 Å². The molecule has 0 saturated carbocycles. The van der Waals surface area contributed by atoms with Crippen molar-refractivity contribution in [1.29, 1.82) is 0 Å². The van der Waals surface area contributed by atoms with E-state index in [0.29, 0.717) is 11.6 Å². The van der Waals surface area contributed by atoms with E-state index in [2.05, 4.69) is 58.7 Å². The molecular weight excluding hydrogens is 535 g/mol. The minimum atomic E-state index is -0.456. The molecule has 0 aliphatic carbocycles. The van der Waals surface area contributed by atoms with E-state index in [-0.39, 0.29) is 17.6 Å². The summed E-state index contributed by atoms with van der Waals surface area (Å²) in [6.45, 7) is 0. The summed E-state index contributed by atoms with van der Waals surface area (Å²) in [6, 6.07) is 23.3. The van der Waals surface area contributed by atoms with Gasteiger partial charge in [-0.15, -0.1) is 0 Å². The highest BCUT2D eigenvalue weighted by atomic mass is 127. The third-order valence-corrected chi connectivity index (χ3v) is 4.97. The molecule has 0 saturated heterocycles. The number of aromatic nitrogens is 3. The van der Waals surface area contributed by atoms with Crippen LogP contribution in [0.3, 0.4) is 0 Å². The molecule has 0 aliphatic rings. The number of non-ortho nitro benzene ring substituents is 1. The lowest BCUT2D eigenvalue weighted by molar-refractivity contribution is -0.384. The zero-order chi connectivity index (χ0) is 23.0. The number of para-hydroxylation sites is 1. The normalized spacial score (nSPS) is 10.7. The largest absolute Gasteiger partial charge is 0.324 e. The lowest BCUT2D eigenvalue weighted by Crippen LogP contribution is -2.07. The molecule has 0 radical (unpaired) electrons. The van der Waals surface area contributed by atoms with Crippen molar-refractivity contribution in [3.63, 3.8) is 0 Å². The van der Waals surface area contributed by atoms with Crippen LogP contribution in [-0.2, 0) is 0 Å². The number of nitro groups is 1. The highest BCUT2D eigenvalue weighted by Crippen LogP contribution is 2.21. The summed E-state index contributed by atoms with van der Waals surface area (Å²) in [4.78, 5) is 23.5. The number of hydrogen-bond donors (Lipinski definition) is 3. The molecule has 11 heteroatoms. The maximum absolute atomic E-state index is 10.9. The van der Waals surface area contributed by atoms with Gasteiger partial charge in [0.2, 0.25) is 17.8 Å². The average molecular weight is 552 g/mol. The minimum absolute atomic E-state index is 0.00470. The Morgan fingerprint density at radius 3 is 1.97 bits per heavy atom. The van der Waals surface area contributed by atoms with Gasteiger partial charge in [0, 0.05) is 27.1 Å². The molecule has 0 aliphatic heterocycles. The molecule has 0 amide bonds. The maximum Gasteiger partial charge on any atom is 0.269 e. The third kappa shape index (κ3) is 6.43. The second kappa shape index (κ2) is 10.5. The van der Waals surface area contributed by atoms with Crippen LogP contribution in [0.2, 0.25) is 0 Å². The fraction of sp³-hybridized carbons (Fsp3) is 0. The second-order valence-corrected chi connectivity index (χ2v) is 7.89. The molecule has 164 valence electrons. The summed E-state index contributed by atoms with van der Waals surface area (Å²) in [5.41, 5.74) is 5.13. The van der Waals surface area contributed by atoms with E-state index in [4.69, 9.17) is 0 Å². The Balaban J connectivity index is 1.56. The Hall–Kier alpha value is -4.13. The van der Waals surface area contributed by atoms with E-state index < -0.39 is 4.92 Å². The highest BCUT2D eigenvalue weighted by molar-refractivity contribution is 14.1. The van der Waals surface area contributed by atoms with E-state index >= 15 is 0 Å². The van der Waals surface area contributed by atoms with Gasteiger partial charge >= 0.3 is 0 Å². The van der Waals surface area contributed by atoms with Crippen LogP contribution in [0.1, 0.15) is 5.56 Å². The van der Waals surface area contributed by atoms with Gasteiger partial charge in [-0.1, -0.05) is 30.3 Å². The smallest absolute Gasteiger partial charge is 0.269 e. The lowest BCUT2D eigenvalue weighted by atomic mass is 10.2. The predicted octanol–water partition coefficient (Wildman–Crippen LogP) is 5.32. The van der Waals surface area contributed by atoms with Crippen LogP contribution in [-0.4, -0.2) is 26.1 Å². The molecule has 0 spiro atoms. The van der Waals surface area contributed by atoms with Crippen LogP contribution in [0.4, 0.5) is 34.9 Å². The first kappa shape index (κ1) is 22.1.